The zero-order chi connectivity index (χ0) is 9.36. The molecule has 0 amide bonds. The molecule has 76 valence electrons. The van der Waals surface area contributed by atoms with Crippen LogP contribution in [-0.2, 0) is 18.9 Å². The Morgan fingerprint density at radius 3 is 2.08 bits per heavy atom. The van der Waals surface area contributed by atoms with Crippen molar-refractivity contribution in [2.75, 3.05) is 33.5 Å². The Hall–Kier alpha value is -0.160. The minimum absolute atomic E-state index is 0.0789. The van der Waals surface area contributed by atoms with E-state index in [1.807, 2.05) is 0 Å². The lowest BCUT2D eigenvalue weighted by Gasteiger charge is -2.51. The highest BCUT2D eigenvalue weighted by molar-refractivity contribution is 4.87. The van der Waals surface area contributed by atoms with Gasteiger partial charge in [0.15, 0.2) is 0 Å². The maximum Gasteiger partial charge on any atom is 0.307 e. The van der Waals surface area contributed by atoms with Crippen molar-refractivity contribution in [2.45, 2.75) is 19.3 Å². The van der Waals surface area contributed by atoms with Crippen molar-refractivity contribution in [1.82, 2.24) is 0 Å². The van der Waals surface area contributed by atoms with Crippen LogP contribution in [0.2, 0.25) is 0 Å². The van der Waals surface area contributed by atoms with E-state index >= 15 is 0 Å². The molecule has 0 aliphatic carbocycles. The molecule has 0 aromatic carbocycles. The van der Waals surface area contributed by atoms with Gasteiger partial charge in [0.05, 0.1) is 19.8 Å². The van der Waals surface area contributed by atoms with E-state index in [9.17, 15) is 0 Å². The van der Waals surface area contributed by atoms with Crippen molar-refractivity contribution in [3.8, 4) is 0 Å². The lowest BCUT2D eigenvalue weighted by molar-refractivity contribution is -0.475. The molecule has 2 bridgehead atoms. The molecular weight excluding hydrogens is 172 g/mol. The lowest BCUT2D eigenvalue weighted by Crippen LogP contribution is -2.61. The summed E-state index contributed by atoms with van der Waals surface area (Å²) in [5, 5.41) is 0. The van der Waals surface area contributed by atoms with Crippen LogP contribution in [0, 0.1) is 5.41 Å². The monoisotopic (exact) mass is 188 g/mol. The molecule has 4 nitrogen and oxygen atoms in total. The molecule has 3 heterocycles. The second-order valence-corrected chi connectivity index (χ2v) is 3.84. The maximum absolute atomic E-state index is 5.53. The summed E-state index contributed by atoms with van der Waals surface area (Å²) in [5.74, 6) is -0.911. The highest BCUT2D eigenvalue weighted by Crippen LogP contribution is 2.40. The number of methoxy groups -OCH3 is 1. The largest absolute Gasteiger partial charge is 0.376 e. The Labute approximate surface area is 78.1 Å². The van der Waals surface area contributed by atoms with E-state index in [1.165, 1.54) is 0 Å². The summed E-state index contributed by atoms with van der Waals surface area (Å²) in [6, 6.07) is 0. The van der Waals surface area contributed by atoms with Crippen LogP contribution in [0.5, 0.6) is 0 Å². The van der Waals surface area contributed by atoms with E-state index in [0.29, 0.717) is 26.4 Å². The Bertz CT molecular complexity index is 168. The van der Waals surface area contributed by atoms with E-state index in [-0.39, 0.29) is 5.41 Å². The number of rotatable bonds is 3. The van der Waals surface area contributed by atoms with Gasteiger partial charge >= 0.3 is 5.97 Å². The molecule has 0 radical (unpaired) electrons. The first-order valence-corrected chi connectivity index (χ1v) is 4.65. The molecule has 0 unspecified atom stereocenters. The van der Waals surface area contributed by atoms with Crippen LogP contribution in [0.3, 0.4) is 0 Å². The van der Waals surface area contributed by atoms with E-state index in [0.717, 1.165) is 6.42 Å². The molecule has 13 heavy (non-hydrogen) atoms. The van der Waals surface area contributed by atoms with Crippen LogP contribution in [0.1, 0.15) is 13.3 Å². The van der Waals surface area contributed by atoms with Gasteiger partial charge in [-0.3, -0.25) is 0 Å². The molecule has 3 saturated heterocycles. The Kier molecular flexibility index (Phi) is 2.32. The van der Waals surface area contributed by atoms with Gasteiger partial charge in [0, 0.05) is 12.5 Å². The number of hydrogen-bond donors (Lipinski definition) is 0. The van der Waals surface area contributed by atoms with Gasteiger partial charge in [0.1, 0.15) is 6.61 Å². The predicted octanol–water partition coefficient (Wildman–Crippen LogP) is 0.760. The SMILES string of the molecule is CCC12COC(COC)(OC1)OC2. The van der Waals surface area contributed by atoms with E-state index in [1.54, 1.807) is 7.11 Å². The van der Waals surface area contributed by atoms with Crippen LogP contribution < -0.4 is 0 Å². The summed E-state index contributed by atoms with van der Waals surface area (Å²) < 4.78 is 21.6. The topological polar surface area (TPSA) is 36.9 Å². The molecule has 0 spiro atoms. The van der Waals surface area contributed by atoms with Crippen LogP contribution in [0.15, 0.2) is 0 Å². The first-order valence-electron chi connectivity index (χ1n) is 4.65. The van der Waals surface area contributed by atoms with Gasteiger partial charge < -0.3 is 18.9 Å². The highest BCUT2D eigenvalue weighted by Gasteiger charge is 2.51. The third-order valence-corrected chi connectivity index (χ3v) is 2.87. The summed E-state index contributed by atoms with van der Waals surface area (Å²) >= 11 is 0. The summed E-state index contributed by atoms with van der Waals surface area (Å²) in [6.45, 7) is 4.62. The first-order chi connectivity index (χ1) is 6.24. The van der Waals surface area contributed by atoms with Gasteiger partial charge in [0.25, 0.3) is 0 Å². The van der Waals surface area contributed by atoms with Crippen molar-refractivity contribution >= 4 is 0 Å². The van der Waals surface area contributed by atoms with E-state index in [4.69, 9.17) is 18.9 Å². The number of ether oxygens (including phenoxy) is 4. The third-order valence-electron chi connectivity index (χ3n) is 2.87. The molecule has 3 aliphatic rings. The third kappa shape index (κ3) is 1.48. The summed E-state index contributed by atoms with van der Waals surface area (Å²) in [6.07, 6.45) is 1.02. The van der Waals surface area contributed by atoms with Crippen molar-refractivity contribution in [3.63, 3.8) is 0 Å². The van der Waals surface area contributed by atoms with Crippen molar-refractivity contribution in [1.29, 1.82) is 0 Å². The zero-order valence-electron chi connectivity index (χ0n) is 8.17. The molecule has 3 fully saturated rings. The Balaban J connectivity index is 2.03. The van der Waals surface area contributed by atoms with Crippen LogP contribution in [-0.4, -0.2) is 39.5 Å². The molecule has 0 saturated carbocycles. The molecule has 3 rings (SSSR count). The zero-order valence-corrected chi connectivity index (χ0v) is 8.17. The smallest absolute Gasteiger partial charge is 0.307 e. The molecule has 4 heteroatoms. The van der Waals surface area contributed by atoms with Gasteiger partial charge in [-0.1, -0.05) is 6.92 Å². The second kappa shape index (κ2) is 3.20. The Morgan fingerprint density at radius 2 is 1.69 bits per heavy atom. The van der Waals surface area contributed by atoms with Crippen LogP contribution >= 0.6 is 0 Å². The number of fused-ring (bicyclic) bond motifs is 3. The molecule has 0 aromatic rings. The quantitative estimate of drug-likeness (QED) is 0.655. The predicted molar refractivity (Wildman–Crippen MR) is 45.2 cm³/mol. The molecule has 0 atom stereocenters. The van der Waals surface area contributed by atoms with E-state index < -0.39 is 5.97 Å². The van der Waals surface area contributed by atoms with Gasteiger partial charge in [0.2, 0.25) is 0 Å². The van der Waals surface area contributed by atoms with Gasteiger partial charge in [-0.25, -0.2) is 0 Å². The fourth-order valence-corrected chi connectivity index (χ4v) is 1.65. The highest BCUT2D eigenvalue weighted by atomic mass is 16.9. The fourth-order valence-electron chi connectivity index (χ4n) is 1.65. The molecule has 3 aliphatic heterocycles. The minimum atomic E-state index is -0.911. The summed E-state index contributed by atoms with van der Waals surface area (Å²) in [7, 11) is 1.61. The average Bonchev–Trinajstić information content (AvgIpc) is 2.21. The van der Waals surface area contributed by atoms with Crippen molar-refractivity contribution in [2.24, 2.45) is 5.41 Å². The minimum Gasteiger partial charge on any atom is -0.376 e. The summed E-state index contributed by atoms with van der Waals surface area (Å²) in [5.41, 5.74) is 0.0789. The van der Waals surface area contributed by atoms with Crippen molar-refractivity contribution in [3.05, 3.63) is 0 Å². The Morgan fingerprint density at radius 1 is 1.15 bits per heavy atom. The van der Waals surface area contributed by atoms with Gasteiger partial charge in [-0.15, -0.1) is 0 Å². The first kappa shape index (κ1) is 9.40. The lowest BCUT2D eigenvalue weighted by atomic mass is 9.86. The van der Waals surface area contributed by atoms with Crippen LogP contribution in [0.25, 0.3) is 0 Å². The number of hydrogen-bond acceptors (Lipinski definition) is 4. The van der Waals surface area contributed by atoms with E-state index in [2.05, 4.69) is 6.92 Å². The molecule has 0 aromatic heterocycles. The standard InChI is InChI=1S/C9H16O4/c1-3-8-4-11-9(7-10-2,12-5-8)13-6-8/h3-7H2,1-2H3. The normalized spacial score (nSPS) is 43.8. The van der Waals surface area contributed by atoms with Gasteiger partial charge in [-0.05, 0) is 6.42 Å². The van der Waals surface area contributed by atoms with Crippen molar-refractivity contribution < 1.29 is 18.9 Å². The summed E-state index contributed by atoms with van der Waals surface area (Å²) in [4.78, 5) is 0. The second-order valence-electron chi connectivity index (χ2n) is 3.84. The average molecular weight is 188 g/mol. The maximum atomic E-state index is 5.53. The molecular formula is C9H16O4. The van der Waals surface area contributed by atoms with Crippen LogP contribution in [0.4, 0.5) is 0 Å². The molecule has 0 N–H and O–H groups in total. The van der Waals surface area contributed by atoms with Gasteiger partial charge in [-0.2, -0.15) is 0 Å². The fraction of sp³-hybridized carbons (Fsp3) is 1.00.